The molecule has 0 spiro atoms. The molecule has 0 aromatic heterocycles. The highest BCUT2D eigenvalue weighted by Gasteiger charge is 2.52. The lowest BCUT2D eigenvalue weighted by atomic mass is 9.82. The molecule has 2 aliphatic rings. The zero-order valence-electron chi connectivity index (χ0n) is 12.1. The van der Waals surface area contributed by atoms with Gasteiger partial charge in [0.2, 0.25) is 5.91 Å². The molecule has 6 heteroatoms. The predicted octanol–water partition coefficient (Wildman–Crippen LogP) is 0.898. The van der Waals surface area contributed by atoms with Crippen LogP contribution in [0.25, 0.3) is 0 Å². The maximum absolute atomic E-state index is 12.7. The first-order valence-corrected chi connectivity index (χ1v) is 7.16. The lowest BCUT2D eigenvalue weighted by Crippen LogP contribution is -2.44. The molecule has 0 heterocycles. The number of carbonyl (C=O) groups excluding carboxylic acids is 1. The van der Waals surface area contributed by atoms with Gasteiger partial charge in [-0.15, -0.1) is 0 Å². The zero-order chi connectivity index (χ0) is 15.4. The standard InChI is InChI=1S/C15H20N2O4/c1-21-8-7-17(6-2-5-16)14(18)12-10-3-4-11(9-10)13(12)15(19)20/h3-4,10-13H,2,6-9H2,1H3,(H,19,20). The van der Waals surface area contributed by atoms with E-state index in [1.54, 1.807) is 12.0 Å². The molecule has 0 aromatic rings. The number of ether oxygens (including phenoxy) is 1. The number of fused-ring (bicyclic) bond motifs is 2. The van der Waals surface area contributed by atoms with Crippen molar-refractivity contribution in [3.63, 3.8) is 0 Å². The number of nitrogens with zero attached hydrogens (tertiary/aromatic N) is 2. The van der Waals surface area contributed by atoms with Crippen LogP contribution in [0.4, 0.5) is 0 Å². The average molecular weight is 292 g/mol. The van der Waals surface area contributed by atoms with E-state index in [9.17, 15) is 14.7 Å². The van der Waals surface area contributed by atoms with Crippen LogP contribution in [0.1, 0.15) is 12.8 Å². The second kappa shape index (κ2) is 6.72. The third kappa shape index (κ3) is 3.08. The van der Waals surface area contributed by atoms with Crippen LogP contribution < -0.4 is 0 Å². The molecule has 0 aromatic carbocycles. The highest BCUT2D eigenvalue weighted by atomic mass is 16.5. The molecular weight excluding hydrogens is 272 g/mol. The normalized spacial score (nSPS) is 29.3. The summed E-state index contributed by atoms with van der Waals surface area (Å²) in [5.41, 5.74) is 0. The van der Waals surface area contributed by atoms with Crippen LogP contribution in [0.2, 0.25) is 0 Å². The fraction of sp³-hybridized carbons (Fsp3) is 0.667. The molecule has 114 valence electrons. The van der Waals surface area contributed by atoms with Crippen LogP contribution in [0.5, 0.6) is 0 Å². The number of hydrogen-bond acceptors (Lipinski definition) is 4. The fourth-order valence-electron chi connectivity index (χ4n) is 3.43. The van der Waals surface area contributed by atoms with E-state index in [1.807, 2.05) is 18.2 Å². The number of hydrogen-bond donors (Lipinski definition) is 1. The van der Waals surface area contributed by atoms with Gasteiger partial charge in [0.25, 0.3) is 0 Å². The first-order valence-electron chi connectivity index (χ1n) is 7.16. The largest absolute Gasteiger partial charge is 0.481 e. The van der Waals surface area contributed by atoms with Crippen molar-refractivity contribution in [2.75, 3.05) is 26.8 Å². The molecule has 1 N–H and O–H groups in total. The summed E-state index contributed by atoms with van der Waals surface area (Å²) in [6, 6.07) is 2.02. The number of carboxylic acid groups (broad SMARTS) is 1. The van der Waals surface area contributed by atoms with Crippen molar-refractivity contribution in [1.29, 1.82) is 5.26 Å². The van der Waals surface area contributed by atoms with Gasteiger partial charge in [-0.2, -0.15) is 5.26 Å². The molecule has 0 aliphatic heterocycles. The minimum Gasteiger partial charge on any atom is -0.481 e. The van der Waals surface area contributed by atoms with Crippen molar-refractivity contribution in [1.82, 2.24) is 4.90 Å². The van der Waals surface area contributed by atoms with Crippen LogP contribution in [-0.4, -0.2) is 48.7 Å². The zero-order valence-corrected chi connectivity index (χ0v) is 12.1. The van der Waals surface area contributed by atoms with Gasteiger partial charge in [-0.25, -0.2) is 0 Å². The Morgan fingerprint density at radius 1 is 1.33 bits per heavy atom. The summed E-state index contributed by atoms with van der Waals surface area (Å²) in [5, 5.41) is 18.1. The number of methoxy groups -OCH3 is 1. The van der Waals surface area contributed by atoms with Crippen LogP contribution >= 0.6 is 0 Å². The van der Waals surface area contributed by atoms with Gasteiger partial charge in [0.1, 0.15) is 0 Å². The van der Waals surface area contributed by atoms with E-state index in [4.69, 9.17) is 10.00 Å². The molecule has 0 saturated heterocycles. The van der Waals surface area contributed by atoms with Crippen LogP contribution in [0.15, 0.2) is 12.2 Å². The highest BCUT2D eigenvalue weighted by molar-refractivity contribution is 5.87. The lowest BCUT2D eigenvalue weighted by molar-refractivity contribution is -0.151. The van der Waals surface area contributed by atoms with Gasteiger partial charge in [0.15, 0.2) is 0 Å². The molecular formula is C15H20N2O4. The smallest absolute Gasteiger partial charge is 0.307 e. The summed E-state index contributed by atoms with van der Waals surface area (Å²) in [4.78, 5) is 25.8. The fourth-order valence-corrected chi connectivity index (χ4v) is 3.43. The summed E-state index contributed by atoms with van der Waals surface area (Å²) < 4.78 is 4.99. The summed E-state index contributed by atoms with van der Waals surface area (Å²) in [5.74, 6) is -2.24. The second-order valence-corrected chi connectivity index (χ2v) is 5.56. The van der Waals surface area contributed by atoms with Gasteiger partial charge in [0.05, 0.1) is 30.9 Å². The van der Waals surface area contributed by atoms with E-state index in [-0.39, 0.29) is 24.2 Å². The first kappa shape index (κ1) is 15.5. The minimum atomic E-state index is -0.905. The summed E-state index contributed by atoms with van der Waals surface area (Å²) in [7, 11) is 1.55. The quantitative estimate of drug-likeness (QED) is 0.704. The van der Waals surface area contributed by atoms with Gasteiger partial charge < -0.3 is 14.7 Å². The van der Waals surface area contributed by atoms with Crippen molar-refractivity contribution in [2.45, 2.75) is 12.8 Å². The Bertz CT molecular complexity index is 483. The Balaban J connectivity index is 2.13. The Labute approximate surface area is 124 Å². The van der Waals surface area contributed by atoms with E-state index < -0.39 is 17.8 Å². The average Bonchev–Trinajstić information content (AvgIpc) is 3.07. The number of aliphatic carboxylic acids is 1. The van der Waals surface area contributed by atoms with Gasteiger partial charge in [-0.3, -0.25) is 9.59 Å². The molecule has 1 saturated carbocycles. The number of amides is 1. The van der Waals surface area contributed by atoms with Gasteiger partial charge in [-0.1, -0.05) is 12.2 Å². The number of rotatable bonds is 7. The monoisotopic (exact) mass is 292 g/mol. The highest BCUT2D eigenvalue weighted by Crippen LogP contribution is 2.48. The van der Waals surface area contributed by atoms with E-state index >= 15 is 0 Å². The molecule has 0 radical (unpaired) electrons. The molecule has 4 atom stereocenters. The van der Waals surface area contributed by atoms with Crippen molar-refractivity contribution in [3.8, 4) is 6.07 Å². The van der Waals surface area contributed by atoms with E-state index in [2.05, 4.69) is 0 Å². The predicted molar refractivity (Wildman–Crippen MR) is 74.0 cm³/mol. The Morgan fingerprint density at radius 3 is 2.57 bits per heavy atom. The first-order chi connectivity index (χ1) is 10.1. The summed E-state index contributed by atoms with van der Waals surface area (Å²) in [6.45, 7) is 1.09. The molecule has 21 heavy (non-hydrogen) atoms. The van der Waals surface area contributed by atoms with E-state index in [0.29, 0.717) is 19.7 Å². The van der Waals surface area contributed by atoms with Crippen molar-refractivity contribution in [3.05, 3.63) is 12.2 Å². The lowest BCUT2D eigenvalue weighted by Gasteiger charge is -2.30. The van der Waals surface area contributed by atoms with Crippen LogP contribution in [-0.2, 0) is 14.3 Å². The third-order valence-corrected chi connectivity index (χ3v) is 4.40. The van der Waals surface area contributed by atoms with Crippen molar-refractivity contribution < 1.29 is 19.4 Å². The Kier molecular flexibility index (Phi) is 4.97. The second-order valence-electron chi connectivity index (χ2n) is 5.56. The summed E-state index contributed by atoms with van der Waals surface area (Å²) >= 11 is 0. The van der Waals surface area contributed by atoms with Gasteiger partial charge >= 0.3 is 5.97 Å². The maximum Gasteiger partial charge on any atom is 0.307 e. The molecule has 6 nitrogen and oxygen atoms in total. The number of carboxylic acids is 1. The van der Waals surface area contributed by atoms with Crippen LogP contribution in [0.3, 0.4) is 0 Å². The number of allylic oxidation sites excluding steroid dienone is 2. The van der Waals surface area contributed by atoms with Crippen molar-refractivity contribution >= 4 is 11.9 Å². The molecule has 2 aliphatic carbocycles. The number of carbonyl (C=O) groups is 2. The topological polar surface area (TPSA) is 90.6 Å². The number of nitriles is 1. The molecule has 2 bridgehead atoms. The van der Waals surface area contributed by atoms with Gasteiger partial charge in [0, 0.05) is 20.2 Å². The molecule has 1 amide bonds. The van der Waals surface area contributed by atoms with Crippen LogP contribution in [0, 0.1) is 35.0 Å². The molecule has 1 fully saturated rings. The van der Waals surface area contributed by atoms with Crippen molar-refractivity contribution in [2.24, 2.45) is 23.7 Å². The SMILES string of the molecule is COCCN(CCC#N)C(=O)C1C2C=CC(C2)C1C(=O)O. The maximum atomic E-state index is 12.7. The van der Waals surface area contributed by atoms with E-state index in [1.165, 1.54) is 0 Å². The third-order valence-electron chi connectivity index (χ3n) is 4.40. The summed E-state index contributed by atoms with van der Waals surface area (Å²) in [6.07, 6.45) is 4.86. The minimum absolute atomic E-state index is 0.00994. The Morgan fingerprint density at radius 2 is 2.00 bits per heavy atom. The Hall–Kier alpha value is -1.87. The molecule has 4 unspecified atom stereocenters. The molecule has 2 rings (SSSR count). The van der Waals surface area contributed by atoms with E-state index in [0.717, 1.165) is 6.42 Å². The van der Waals surface area contributed by atoms with Gasteiger partial charge in [-0.05, 0) is 18.3 Å².